The highest BCUT2D eigenvalue weighted by molar-refractivity contribution is 5.88. The predicted molar refractivity (Wildman–Crippen MR) is 38.1 cm³/mol. The summed E-state index contributed by atoms with van der Waals surface area (Å²) in [6, 6.07) is 8.25. The Morgan fingerprint density at radius 1 is 1.27 bits per heavy atom. The molecule has 0 radical (unpaired) electrons. The van der Waals surface area contributed by atoms with Gasteiger partial charge in [-0.2, -0.15) is 5.26 Å². The molecule has 3 N–H and O–H groups in total. The molecule has 4 nitrogen and oxygen atoms in total. The van der Waals surface area contributed by atoms with Crippen molar-refractivity contribution in [2.45, 2.75) is 0 Å². The quantitative estimate of drug-likeness (QED) is 0.474. The van der Waals surface area contributed by atoms with Crippen molar-refractivity contribution < 1.29 is 20.4 Å². The molecule has 0 unspecified atom stereocenters. The lowest BCUT2D eigenvalue weighted by Crippen LogP contribution is -2.00. The second-order valence-corrected chi connectivity index (χ2v) is 1.74. The van der Waals surface area contributed by atoms with Crippen LogP contribution in [0.25, 0.3) is 0 Å². The zero-order valence-electron chi connectivity index (χ0n) is 5.65. The summed E-state index contributed by atoms with van der Waals surface area (Å²) in [6.07, 6.45) is 0. The first-order valence-electron chi connectivity index (χ1n) is 2.75. The maximum atomic E-state index is 10.5. The minimum Gasteiger partial charge on any atom is -0.412 e. The maximum absolute atomic E-state index is 10.5. The first kappa shape index (κ1) is 9.61. The van der Waals surface area contributed by atoms with Crippen molar-refractivity contribution in [2.24, 2.45) is 0 Å². The summed E-state index contributed by atoms with van der Waals surface area (Å²) in [5.74, 6) is -0.736. The molecule has 0 saturated carbocycles. The molecular weight excluding hydrogens is 148 g/mol. The van der Waals surface area contributed by atoms with E-state index in [0.717, 1.165) is 0 Å². The number of hydrogen-bond donors (Lipinski definition) is 1. The molecule has 0 fully saturated rings. The topological polar surface area (TPSA) is 78.0 Å². The van der Waals surface area contributed by atoms with Gasteiger partial charge in [-0.3, -0.25) is 4.89 Å². The van der Waals surface area contributed by atoms with Gasteiger partial charge in [0.05, 0.1) is 5.56 Å². The number of carbonyl (C=O) groups excluding carboxylic acids is 1. The molecule has 1 rings (SSSR count). The second-order valence-electron chi connectivity index (χ2n) is 1.74. The Morgan fingerprint density at radius 3 is 2.27 bits per heavy atom. The lowest BCUT2D eigenvalue weighted by molar-refractivity contribution is -0.182. The van der Waals surface area contributed by atoms with Crippen molar-refractivity contribution in [3.63, 3.8) is 0 Å². The van der Waals surface area contributed by atoms with E-state index >= 15 is 0 Å². The van der Waals surface area contributed by atoms with Crippen molar-refractivity contribution in [3.05, 3.63) is 35.9 Å². The van der Waals surface area contributed by atoms with Crippen LogP contribution in [-0.4, -0.2) is 16.7 Å². The third kappa shape index (κ3) is 2.37. The van der Waals surface area contributed by atoms with E-state index in [9.17, 15) is 4.79 Å². The molecule has 1 aromatic rings. The highest BCUT2D eigenvalue weighted by Gasteiger charge is 2.02. The number of rotatable bonds is 1. The Morgan fingerprint density at radius 2 is 1.82 bits per heavy atom. The molecule has 0 bridgehead atoms. The van der Waals surface area contributed by atoms with Gasteiger partial charge < -0.3 is 5.48 Å². The Bertz CT molecular complexity index is 219. The number of carbonyl (C=O) groups is 1. The highest BCUT2D eigenvalue weighted by atomic mass is 17.1. The fourth-order valence-corrected chi connectivity index (χ4v) is 0.627. The third-order valence-corrected chi connectivity index (χ3v) is 1.09. The smallest absolute Gasteiger partial charge is 0.372 e. The van der Waals surface area contributed by atoms with E-state index in [1.165, 1.54) is 0 Å². The molecule has 1 aromatic carbocycles. The van der Waals surface area contributed by atoms with Gasteiger partial charge in [0.2, 0.25) is 0 Å². The summed E-state index contributed by atoms with van der Waals surface area (Å²) in [5.41, 5.74) is 0.338. The second kappa shape index (κ2) is 4.43. The molecule has 0 heterocycles. The van der Waals surface area contributed by atoms with Crippen molar-refractivity contribution in [3.8, 4) is 0 Å². The van der Waals surface area contributed by atoms with E-state index in [4.69, 9.17) is 5.26 Å². The summed E-state index contributed by atoms with van der Waals surface area (Å²) < 4.78 is 0. The zero-order valence-corrected chi connectivity index (χ0v) is 5.65. The van der Waals surface area contributed by atoms with E-state index in [1.54, 1.807) is 30.3 Å². The molecular formula is C7H8O4. The van der Waals surface area contributed by atoms with Crippen LogP contribution in [0.2, 0.25) is 0 Å². The lowest BCUT2D eigenvalue weighted by atomic mass is 10.2. The van der Waals surface area contributed by atoms with Gasteiger partial charge in [0, 0.05) is 0 Å². The monoisotopic (exact) mass is 156 g/mol. The largest absolute Gasteiger partial charge is 0.412 e. The first-order valence-corrected chi connectivity index (χ1v) is 2.75. The van der Waals surface area contributed by atoms with Gasteiger partial charge >= 0.3 is 5.97 Å². The summed E-state index contributed by atoms with van der Waals surface area (Å²) in [5, 5.41) is 7.94. The van der Waals surface area contributed by atoms with Gasteiger partial charge in [-0.1, -0.05) is 18.2 Å². The van der Waals surface area contributed by atoms with Crippen molar-refractivity contribution in [1.82, 2.24) is 0 Å². The predicted octanol–water partition coefficient (Wildman–Crippen LogP) is 0.492. The van der Waals surface area contributed by atoms with Gasteiger partial charge in [-0.05, 0) is 12.1 Å². The minimum absolute atomic E-state index is 0. The minimum atomic E-state index is -0.736. The maximum Gasteiger partial charge on any atom is 0.372 e. The van der Waals surface area contributed by atoms with E-state index in [2.05, 4.69) is 4.89 Å². The molecule has 60 valence electrons. The van der Waals surface area contributed by atoms with Crippen LogP contribution in [0.1, 0.15) is 10.4 Å². The summed E-state index contributed by atoms with van der Waals surface area (Å²) >= 11 is 0. The van der Waals surface area contributed by atoms with Gasteiger partial charge in [0.1, 0.15) is 0 Å². The molecule has 0 aliphatic heterocycles. The molecule has 0 atom stereocenters. The van der Waals surface area contributed by atoms with Crippen molar-refractivity contribution in [1.29, 1.82) is 0 Å². The van der Waals surface area contributed by atoms with Crippen LogP contribution in [0.5, 0.6) is 0 Å². The standard InChI is InChI=1S/C7H6O3.H2O/c8-7(10-9)6-4-2-1-3-5-6;/h1-5,9H;1H2. The van der Waals surface area contributed by atoms with Crippen LogP contribution in [0.15, 0.2) is 30.3 Å². The van der Waals surface area contributed by atoms with E-state index in [1.807, 2.05) is 0 Å². The van der Waals surface area contributed by atoms with Crippen LogP contribution in [-0.2, 0) is 4.89 Å². The SMILES string of the molecule is O.O=C(OO)c1ccccc1. The fraction of sp³-hybridized carbons (Fsp3) is 0. The molecule has 0 aliphatic rings. The van der Waals surface area contributed by atoms with Crippen LogP contribution in [0.3, 0.4) is 0 Å². The Kier molecular flexibility index (Phi) is 3.87. The molecule has 0 saturated heterocycles. The fourth-order valence-electron chi connectivity index (χ4n) is 0.627. The van der Waals surface area contributed by atoms with Crippen molar-refractivity contribution in [2.75, 3.05) is 0 Å². The van der Waals surface area contributed by atoms with Crippen LogP contribution in [0.4, 0.5) is 0 Å². The Balaban J connectivity index is 0.000001000. The molecule has 0 aromatic heterocycles. The van der Waals surface area contributed by atoms with Crippen LogP contribution < -0.4 is 0 Å². The van der Waals surface area contributed by atoms with Gasteiger partial charge in [0.15, 0.2) is 0 Å². The average molecular weight is 156 g/mol. The lowest BCUT2D eigenvalue weighted by Gasteiger charge is -1.92. The summed E-state index contributed by atoms with van der Waals surface area (Å²) in [7, 11) is 0. The van der Waals surface area contributed by atoms with E-state index < -0.39 is 5.97 Å². The van der Waals surface area contributed by atoms with E-state index in [0.29, 0.717) is 5.56 Å². The van der Waals surface area contributed by atoms with Gasteiger partial charge in [-0.25, -0.2) is 4.79 Å². The molecule has 0 aliphatic carbocycles. The summed E-state index contributed by atoms with van der Waals surface area (Å²) in [4.78, 5) is 14.0. The highest BCUT2D eigenvalue weighted by Crippen LogP contribution is 1.98. The van der Waals surface area contributed by atoms with Gasteiger partial charge in [0.25, 0.3) is 0 Å². The van der Waals surface area contributed by atoms with Gasteiger partial charge in [-0.15, -0.1) is 0 Å². The van der Waals surface area contributed by atoms with E-state index in [-0.39, 0.29) is 5.48 Å². The molecule has 0 spiro atoms. The molecule has 0 amide bonds. The van der Waals surface area contributed by atoms with Crippen molar-refractivity contribution >= 4 is 5.97 Å². The number of hydrogen-bond acceptors (Lipinski definition) is 3. The first-order chi connectivity index (χ1) is 4.84. The zero-order chi connectivity index (χ0) is 7.40. The normalized spacial score (nSPS) is 8.09. The molecule has 4 heteroatoms. The third-order valence-electron chi connectivity index (χ3n) is 1.09. The number of benzene rings is 1. The molecule has 11 heavy (non-hydrogen) atoms. The Labute approximate surface area is 63.3 Å². The van der Waals surface area contributed by atoms with Crippen LogP contribution >= 0.6 is 0 Å². The summed E-state index contributed by atoms with van der Waals surface area (Å²) in [6.45, 7) is 0. The van der Waals surface area contributed by atoms with Crippen LogP contribution in [0, 0.1) is 0 Å². The average Bonchev–Trinajstić information content (AvgIpc) is 2.05. The Hall–Kier alpha value is -1.39.